The highest BCUT2D eigenvalue weighted by atomic mass is 16.5. The molecule has 0 atom stereocenters. The molecular weight excluding hydrogens is 416 g/mol. The van der Waals surface area contributed by atoms with Gasteiger partial charge in [0.2, 0.25) is 0 Å². The van der Waals surface area contributed by atoms with Crippen LogP contribution in [0.15, 0.2) is 61.6 Å². The van der Waals surface area contributed by atoms with Crippen molar-refractivity contribution in [1.29, 1.82) is 0 Å². The van der Waals surface area contributed by atoms with Crippen molar-refractivity contribution in [2.75, 3.05) is 36.5 Å². The lowest BCUT2D eigenvalue weighted by molar-refractivity contribution is 0.122. The summed E-state index contributed by atoms with van der Waals surface area (Å²) < 4.78 is 7.26. The zero-order valence-electron chi connectivity index (χ0n) is 18.7. The molecule has 1 fully saturated rings. The fourth-order valence-electron chi connectivity index (χ4n) is 3.40. The number of H-pyrrole nitrogens is 1. The molecule has 3 aromatic heterocycles. The van der Waals surface area contributed by atoms with Crippen molar-refractivity contribution in [2.45, 2.75) is 13.3 Å². The van der Waals surface area contributed by atoms with Crippen LogP contribution in [0.5, 0.6) is 0 Å². The number of imidazole rings is 1. The third-order valence-electron chi connectivity index (χ3n) is 5.29. The van der Waals surface area contributed by atoms with Crippen molar-refractivity contribution in [3.05, 3.63) is 78.7 Å². The van der Waals surface area contributed by atoms with Gasteiger partial charge in [0.15, 0.2) is 17.5 Å². The van der Waals surface area contributed by atoms with E-state index in [0.717, 1.165) is 47.3 Å². The fraction of sp³-hybridized carbons (Fsp3) is 0.250. The van der Waals surface area contributed by atoms with E-state index in [9.17, 15) is 0 Å². The van der Waals surface area contributed by atoms with E-state index in [1.807, 2.05) is 48.0 Å². The summed E-state index contributed by atoms with van der Waals surface area (Å²) in [6.07, 6.45) is 13.7. The summed E-state index contributed by atoms with van der Waals surface area (Å²) in [6, 6.07) is 3.89. The predicted octanol–water partition coefficient (Wildman–Crippen LogP) is 3.75. The molecule has 0 aromatic carbocycles. The topological polar surface area (TPSA) is 96.8 Å². The average molecular weight is 445 g/mol. The van der Waals surface area contributed by atoms with Crippen molar-refractivity contribution in [1.82, 2.24) is 29.9 Å². The molecule has 1 aliphatic heterocycles. The van der Waals surface area contributed by atoms with Crippen molar-refractivity contribution >= 4 is 29.6 Å². The predicted molar refractivity (Wildman–Crippen MR) is 131 cm³/mol. The molecule has 1 aliphatic rings. The molecule has 9 nitrogen and oxygen atoms in total. The van der Waals surface area contributed by atoms with Gasteiger partial charge in [0.25, 0.3) is 0 Å². The second kappa shape index (κ2) is 10.6. The molecule has 9 heteroatoms. The molecule has 33 heavy (non-hydrogen) atoms. The van der Waals surface area contributed by atoms with Gasteiger partial charge in [0, 0.05) is 42.9 Å². The highest BCUT2D eigenvalue weighted by Crippen LogP contribution is 2.20. The lowest BCUT2D eigenvalue weighted by Gasteiger charge is -2.27. The Hall–Kier alpha value is -3.98. The van der Waals surface area contributed by atoms with E-state index >= 15 is 0 Å². The smallest absolute Gasteiger partial charge is 0.160 e. The van der Waals surface area contributed by atoms with E-state index in [1.54, 1.807) is 18.6 Å². The van der Waals surface area contributed by atoms with Gasteiger partial charge in [0.05, 0.1) is 25.1 Å². The molecule has 0 bridgehead atoms. The number of aryl methyl sites for hydroxylation is 1. The summed E-state index contributed by atoms with van der Waals surface area (Å²) >= 11 is 0. The van der Waals surface area contributed by atoms with Crippen LogP contribution in [0, 0.1) is 6.92 Å². The number of morpholine rings is 1. The zero-order valence-corrected chi connectivity index (χ0v) is 18.7. The minimum atomic E-state index is 0.624. The number of rotatable bonds is 9. The van der Waals surface area contributed by atoms with E-state index in [4.69, 9.17) is 4.74 Å². The molecule has 0 amide bonds. The summed E-state index contributed by atoms with van der Waals surface area (Å²) in [5.74, 6) is 2.20. The number of anilines is 2. The van der Waals surface area contributed by atoms with Crippen LogP contribution in [0.3, 0.4) is 0 Å². The van der Waals surface area contributed by atoms with Gasteiger partial charge in [-0.25, -0.2) is 4.98 Å². The first-order chi connectivity index (χ1) is 16.1. The van der Waals surface area contributed by atoms with Crippen molar-refractivity contribution < 1.29 is 4.74 Å². The SMILES string of the molecule is C=Cn1ccnc1/C(=C\CC(=C)/C=C\c1cn[nH]c1C)Nc1ccc(N2CCOCC2)nn1. The van der Waals surface area contributed by atoms with Gasteiger partial charge >= 0.3 is 0 Å². The van der Waals surface area contributed by atoms with Crippen molar-refractivity contribution in [3.8, 4) is 0 Å². The van der Waals surface area contributed by atoms with Crippen LogP contribution in [-0.2, 0) is 4.74 Å². The summed E-state index contributed by atoms with van der Waals surface area (Å²) in [7, 11) is 0. The molecule has 0 spiro atoms. The maximum absolute atomic E-state index is 5.41. The van der Waals surface area contributed by atoms with E-state index in [1.165, 1.54) is 0 Å². The van der Waals surface area contributed by atoms with E-state index < -0.39 is 0 Å². The molecule has 1 saturated heterocycles. The van der Waals surface area contributed by atoms with Gasteiger partial charge in [-0.05, 0) is 25.5 Å². The molecule has 0 saturated carbocycles. The fourth-order valence-corrected chi connectivity index (χ4v) is 3.40. The maximum Gasteiger partial charge on any atom is 0.160 e. The Bertz CT molecular complexity index is 1150. The number of ether oxygens (including phenoxy) is 1. The van der Waals surface area contributed by atoms with Crippen LogP contribution in [-0.4, -0.2) is 56.2 Å². The molecule has 4 rings (SSSR count). The van der Waals surface area contributed by atoms with Crippen LogP contribution in [0.25, 0.3) is 18.0 Å². The van der Waals surface area contributed by atoms with Gasteiger partial charge < -0.3 is 19.5 Å². The Kier molecular flexibility index (Phi) is 7.11. The Morgan fingerprint density at radius 2 is 2.12 bits per heavy atom. The van der Waals surface area contributed by atoms with E-state index in [-0.39, 0.29) is 0 Å². The number of nitrogens with one attached hydrogen (secondary N) is 2. The van der Waals surface area contributed by atoms with Gasteiger partial charge in [-0.15, -0.1) is 10.2 Å². The Morgan fingerprint density at radius 1 is 1.27 bits per heavy atom. The van der Waals surface area contributed by atoms with Crippen LogP contribution in [0.4, 0.5) is 11.6 Å². The first kappa shape index (κ1) is 22.2. The number of allylic oxidation sites excluding steroid dienone is 3. The number of aromatic amines is 1. The summed E-state index contributed by atoms with van der Waals surface area (Å²) in [6.45, 7) is 13.1. The maximum atomic E-state index is 5.41. The minimum Gasteiger partial charge on any atom is -0.378 e. The van der Waals surface area contributed by atoms with Crippen LogP contribution < -0.4 is 10.2 Å². The molecule has 170 valence electrons. The molecule has 2 N–H and O–H groups in total. The number of hydrogen-bond donors (Lipinski definition) is 2. The molecule has 4 heterocycles. The molecule has 3 aromatic rings. The van der Waals surface area contributed by atoms with Crippen molar-refractivity contribution in [2.24, 2.45) is 0 Å². The second-order valence-electron chi connectivity index (χ2n) is 7.61. The quantitative estimate of drug-likeness (QED) is 0.485. The van der Waals surface area contributed by atoms with E-state index in [2.05, 4.69) is 48.8 Å². The van der Waals surface area contributed by atoms with Gasteiger partial charge in [-0.2, -0.15) is 5.10 Å². The summed E-state index contributed by atoms with van der Waals surface area (Å²) in [4.78, 5) is 6.65. The van der Waals surface area contributed by atoms with Gasteiger partial charge in [-0.3, -0.25) is 5.10 Å². The third kappa shape index (κ3) is 5.64. The lowest BCUT2D eigenvalue weighted by atomic mass is 10.1. The first-order valence-electron chi connectivity index (χ1n) is 10.8. The molecular formula is C24H28N8O. The first-order valence-corrected chi connectivity index (χ1v) is 10.8. The van der Waals surface area contributed by atoms with E-state index in [0.29, 0.717) is 25.5 Å². The monoisotopic (exact) mass is 444 g/mol. The lowest BCUT2D eigenvalue weighted by Crippen LogP contribution is -2.36. The number of hydrogen-bond acceptors (Lipinski definition) is 7. The zero-order chi connectivity index (χ0) is 23.0. The van der Waals surface area contributed by atoms with Crippen LogP contribution in [0.1, 0.15) is 23.5 Å². The van der Waals surface area contributed by atoms with Crippen LogP contribution >= 0.6 is 0 Å². The van der Waals surface area contributed by atoms with Crippen LogP contribution in [0.2, 0.25) is 0 Å². The number of aromatic nitrogens is 6. The summed E-state index contributed by atoms with van der Waals surface area (Å²) in [5, 5.41) is 19.1. The van der Waals surface area contributed by atoms with Gasteiger partial charge in [0.1, 0.15) is 0 Å². The average Bonchev–Trinajstić information content (AvgIpc) is 3.50. The third-order valence-corrected chi connectivity index (χ3v) is 5.29. The normalized spacial score (nSPS) is 14.6. The van der Waals surface area contributed by atoms with Crippen molar-refractivity contribution in [3.63, 3.8) is 0 Å². The number of nitrogens with zero attached hydrogens (tertiary/aromatic N) is 6. The Balaban J connectivity index is 1.50. The summed E-state index contributed by atoms with van der Waals surface area (Å²) in [5.41, 5.74) is 3.79. The minimum absolute atomic E-state index is 0.624. The largest absolute Gasteiger partial charge is 0.378 e. The highest BCUT2D eigenvalue weighted by molar-refractivity contribution is 5.73. The second-order valence-corrected chi connectivity index (χ2v) is 7.61. The standard InChI is InChI=1S/C24H28N8O/c1-4-31-12-11-25-24(31)21(8-6-18(2)5-7-20-17-26-28-19(20)3)27-22-9-10-23(30-29-22)32-13-15-33-16-14-32/h4-5,7-12,17H,1-2,6,13-16H2,3H3,(H,26,28)(H,27,29)/b7-5-,21-8+. The molecule has 0 radical (unpaired) electrons. The molecule has 0 unspecified atom stereocenters. The molecule has 0 aliphatic carbocycles. The Labute approximate surface area is 193 Å². The van der Waals surface area contributed by atoms with Gasteiger partial charge in [-0.1, -0.05) is 37.0 Å². The Morgan fingerprint density at radius 3 is 2.82 bits per heavy atom. The highest BCUT2D eigenvalue weighted by Gasteiger charge is 2.14.